The van der Waals surface area contributed by atoms with Gasteiger partial charge in [-0.2, -0.15) is 0 Å². The SMILES string of the molecule is Cc1ccc(C)c(C2(O)COC2)c1. The maximum Gasteiger partial charge on any atom is 0.136 e. The fourth-order valence-corrected chi connectivity index (χ4v) is 1.69. The van der Waals surface area contributed by atoms with Gasteiger partial charge in [-0.15, -0.1) is 0 Å². The van der Waals surface area contributed by atoms with Crippen molar-refractivity contribution in [3.63, 3.8) is 0 Å². The van der Waals surface area contributed by atoms with E-state index in [-0.39, 0.29) is 0 Å². The van der Waals surface area contributed by atoms with Gasteiger partial charge in [0.1, 0.15) is 5.60 Å². The van der Waals surface area contributed by atoms with E-state index in [1.807, 2.05) is 26.0 Å². The molecule has 0 aliphatic carbocycles. The predicted octanol–water partition coefficient (Wildman–Crippen LogP) is 1.52. The molecule has 1 aromatic carbocycles. The van der Waals surface area contributed by atoms with E-state index >= 15 is 0 Å². The summed E-state index contributed by atoms with van der Waals surface area (Å²) in [5.74, 6) is 0. The van der Waals surface area contributed by atoms with E-state index in [0.717, 1.165) is 11.1 Å². The summed E-state index contributed by atoms with van der Waals surface area (Å²) >= 11 is 0. The van der Waals surface area contributed by atoms with E-state index in [9.17, 15) is 5.11 Å². The first-order valence-electron chi connectivity index (χ1n) is 4.50. The monoisotopic (exact) mass is 178 g/mol. The van der Waals surface area contributed by atoms with Gasteiger partial charge < -0.3 is 9.84 Å². The smallest absolute Gasteiger partial charge is 0.136 e. The highest BCUT2D eigenvalue weighted by molar-refractivity contribution is 5.36. The van der Waals surface area contributed by atoms with Gasteiger partial charge in [-0.1, -0.05) is 23.8 Å². The summed E-state index contributed by atoms with van der Waals surface area (Å²) in [5, 5.41) is 10.1. The molecule has 2 nitrogen and oxygen atoms in total. The molecular formula is C11H14O2. The third-order valence-electron chi connectivity index (χ3n) is 2.58. The molecule has 0 amide bonds. The number of rotatable bonds is 1. The minimum absolute atomic E-state index is 0.428. The lowest BCUT2D eigenvalue weighted by molar-refractivity contribution is -0.184. The maximum absolute atomic E-state index is 10.1. The van der Waals surface area contributed by atoms with Crippen molar-refractivity contribution in [2.24, 2.45) is 0 Å². The Morgan fingerprint density at radius 3 is 2.54 bits per heavy atom. The summed E-state index contributed by atoms with van der Waals surface area (Å²) in [5.41, 5.74) is 2.60. The molecule has 1 aromatic rings. The standard InChI is InChI=1S/C11H14O2/c1-8-3-4-9(2)10(5-8)11(12)6-13-7-11/h3-5,12H,6-7H2,1-2H3. The van der Waals surface area contributed by atoms with Gasteiger partial charge in [0, 0.05) is 0 Å². The Bertz CT molecular complexity index is 327. The largest absolute Gasteiger partial charge is 0.380 e. The minimum atomic E-state index is -0.726. The number of aliphatic hydroxyl groups is 1. The Hall–Kier alpha value is -0.860. The van der Waals surface area contributed by atoms with Crippen LogP contribution in [0.1, 0.15) is 16.7 Å². The molecule has 0 bridgehead atoms. The average molecular weight is 178 g/mol. The van der Waals surface area contributed by atoms with Crippen LogP contribution in [0.5, 0.6) is 0 Å². The molecule has 0 unspecified atom stereocenters. The fraction of sp³-hybridized carbons (Fsp3) is 0.455. The lowest BCUT2D eigenvalue weighted by Gasteiger charge is -2.37. The quantitative estimate of drug-likeness (QED) is 0.706. The van der Waals surface area contributed by atoms with Gasteiger partial charge >= 0.3 is 0 Å². The third-order valence-corrected chi connectivity index (χ3v) is 2.58. The number of benzene rings is 1. The van der Waals surface area contributed by atoms with Crippen LogP contribution in [0.25, 0.3) is 0 Å². The van der Waals surface area contributed by atoms with E-state index < -0.39 is 5.60 Å². The molecule has 1 fully saturated rings. The van der Waals surface area contributed by atoms with Gasteiger partial charge in [-0.05, 0) is 25.0 Å². The molecule has 2 rings (SSSR count). The van der Waals surface area contributed by atoms with Crippen molar-refractivity contribution >= 4 is 0 Å². The van der Waals surface area contributed by atoms with Crippen molar-refractivity contribution in [3.05, 3.63) is 34.9 Å². The fourth-order valence-electron chi connectivity index (χ4n) is 1.69. The van der Waals surface area contributed by atoms with Crippen LogP contribution in [0, 0.1) is 13.8 Å². The highest BCUT2D eigenvalue weighted by Crippen LogP contribution is 2.31. The van der Waals surface area contributed by atoms with Gasteiger partial charge in [0.25, 0.3) is 0 Å². The molecule has 1 heterocycles. The second-order valence-electron chi connectivity index (χ2n) is 3.84. The Morgan fingerprint density at radius 1 is 1.31 bits per heavy atom. The number of hydrogen-bond donors (Lipinski definition) is 1. The van der Waals surface area contributed by atoms with E-state index in [0.29, 0.717) is 13.2 Å². The number of aryl methyl sites for hydroxylation is 2. The van der Waals surface area contributed by atoms with Crippen LogP contribution in [0.3, 0.4) is 0 Å². The molecular weight excluding hydrogens is 164 g/mol. The van der Waals surface area contributed by atoms with Crippen LogP contribution in [-0.4, -0.2) is 18.3 Å². The lowest BCUT2D eigenvalue weighted by atomic mass is 9.88. The highest BCUT2D eigenvalue weighted by atomic mass is 16.5. The Morgan fingerprint density at radius 2 is 2.00 bits per heavy atom. The second kappa shape index (κ2) is 2.82. The average Bonchev–Trinajstić information content (AvgIpc) is 2.05. The van der Waals surface area contributed by atoms with Crippen LogP contribution >= 0.6 is 0 Å². The molecule has 2 heteroatoms. The van der Waals surface area contributed by atoms with E-state index in [4.69, 9.17) is 4.74 Å². The normalized spacial score (nSPS) is 19.6. The predicted molar refractivity (Wildman–Crippen MR) is 50.6 cm³/mol. The van der Waals surface area contributed by atoms with Crippen molar-refractivity contribution in [2.75, 3.05) is 13.2 Å². The molecule has 1 aliphatic heterocycles. The molecule has 1 aliphatic rings. The number of hydrogen-bond acceptors (Lipinski definition) is 2. The Labute approximate surface area is 78.2 Å². The first-order chi connectivity index (χ1) is 6.12. The molecule has 70 valence electrons. The van der Waals surface area contributed by atoms with Crippen LogP contribution in [0.15, 0.2) is 18.2 Å². The van der Waals surface area contributed by atoms with Crippen LogP contribution in [0.4, 0.5) is 0 Å². The third kappa shape index (κ3) is 1.36. The summed E-state index contributed by atoms with van der Waals surface area (Å²) in [6.07, 6.45) is 0. The summed E-state index contributed by atoms with van der Waals surface area (Å²) < 4.78 is 5.04. The van der Waals surface area contributed by atoms with Crippen molar-refractivity contribution in [3.8, 4) is 0 Å². The van der Waals surface area contributed by atoms with Gasteiger partial charge in [0.15, 0.2) is 0 Å². The molecule has 13 heavy (non-hydrogen) atoms. The zero-order chi connectivity index (χ0) is 9.47. The van der Waals surface area contributed by atoms with Crippen molar-refractivity contribution in [2.45, 2.75) is 19.4 Å². The number of ether oxygens (including phenoxy) is 1. The van der Waals surface area contributed by atoms with Crippen molar-refractivity contribution < 1.29 is 9.84 Å². The Kier molecular flexibility index (Phi) is 1.90. The molecule has 0 aromatic heterocycles. The summed E-state index contributed by atoms with van der Waals surface area (Å²) in [4.78, 5) is 0. The van der Waals surface area contributed by atoms with E-state index in [1.165, 1.54) is 5.56 Å². The maximum atomic E-state index is 10.1. The lowest BCUT2D eigenvalue weighted by Crippen LogP contribution is -2.47. The molecule has 1 saturated heterocycles. The molecule has 0 saturated carbocycles. The summed E-state index contributed by atoms with van der Waals surface area (Å²) in [6, 6.07) is 6.14. The van der Waals surface area contributed by atoms with Gasteiger partial charge in [0.05, 0.1) is 13.2 Å². The molecule has 0 spiro atoms. The van der Waals surface area contributed by atoms with E-state index in [1.54, 1.807) is 0 Å². The second-order valence-corrected chi connectivity index (χ2v) is 3.84. The zero-order valence-electron chi connectivity index (χ0n) is 8.00. The Balaban J connectivity index is 2.43. The minimum Gasteiger partial charge on any atom is -0.380 e. The van der Waals surface area contributed by atoms with Crippen molar-refractivity contribution in [1.29, 1.82) is 0 Å². The zero-order valence-corrected chi connectivity index (χ0v) is 8.00. The topological polar surface area (TPSA) is 29.5 Å². The first-order valence-corrected chi connectivity index (χ1v) is 4.50. The van der Waals surface area contributed by atoms with Crippen LogP contribution in [-0.2, 0) is 10.3 Å². The van der Waals surface area contributed by atoms with Gasteiger partial charge in [-0.25, -0.2) is 0 Å². The van der Waals surface area contributed by atoms with Gasteiger partial charge in [0.2, 0.25) is 0 Å². The summed E-state index contributed by atoms with van der Waals surface area (Å²) in [7, 11) is 0. The van der Waals surface area contributed by atoms with E-state index in [2.05, 4.69) is 6.07 Å². The van der Waals surface area contributed by atoms with Crippen LogP contribution < -0.4 is 0 Å². The highest BCUT2D eigenvalue weighted by Gasteiger charge is 2.38. The van der Waals surface area contributed by atoms with Crippen molar-refractivity contribution in [1.82, 2.24) is 0 Å². The first kappa shape index (κ1) is 8.73. The van der Waals surface area contributed by atoms with Crippen LogP contribution in [0.2, 0.25) is 0 Å². The van der Waals surface area contributed by atoms with Gasteiger partial charge in [-0.3, -0.25) is 0 Å². The summed E-state index contributed by atoms with van der Waals surface area (Å²) in [6.45, 7) is 4.91. The molecule has 0 atom stereocenters. The molecule has 1 N–H and O–H groups in total. The molecule has 0 radical (unpaired) electrons.